The fraction of sp³-hybridized carbons (Fsp3) is 0.720. The van der Waals surface area contributed by atoms with Crippen molar-refractivity contribution in [2.45, 2.75) is 155 Å². The average Bonchev–Trinajstić information content (AvgIpc) is 3.89. The molecule has 9 atom stereocenters. The molecule has 0 spiro atoms. The van der Waals surface area contributed by atoms with Crippen LogP contribution in [0, 0.1) is 29.6 Å². The number of ketones is 1. The van der Waals surface area contributed by atoms with Crippen molar-refractivity contribution in [1.82, 2.24) is 30.4 Å². The monoisotopic (exact) mass is 941 g/mol. The van der Waals surface area contributed by atoms with Crippen molar-refractivity contribution in [3.63, 3.8) is 0 Å². The van der Waals surface area contributed by atoms with E-state index in [1.807, 2.05) is 90.9 Å². The van der Waals surface area contributed by atoms with E-state index in [4.69, 9.17) is 14.3 Å². The van der Waals surface area contributed by atoms with Gasteiger partial charge in [0.15, 0.2) is 5.78 Å². The Morgan fingerprint density at radius 1 is 0.836 bits per heavy atom. The lowest BCUT2D eigenvalue weighted by Gasteiger charge is -2.41. The van der Waals surface area contributed by atoms with E-state index in [9.17, 15) is 38.4 Å². The number of benzene rings is 1. The maximum absolute atomic E-state index is 14.4. The smallest absolute Gasteiger partial charge is 0.333 e. The molecule has 376 valence electrons. The molecule has 0 radical (unpaired) electrons. The average molecular weight is 941 g/mol. The first-order chi connectivity index (χ1) is 31.7. The first-order valence-electron chi connectivity index (χ1n) is 24.2. The van der Waals surface area contributed by atoms with Crippen LogP contribution in [0.5, 0.6) is 0 Å². The Labute approximate surface area is 398 Å². The number of nitrogens with one attached hydrogen (secondary N) is 2. The van der Waals surface area contributed by atoms with Crippen LogP contribution in [0.2, 0.25) is 0 Å². The second kappa shape index (κ2) is 27.3. The predicted octanol–water partition coefficient (Wildman–Crippen LogP) is 4.35. The lowest BCUT2D eigenvalue weighted by molar-refractivity contribution is -0.197. The maximum Gasteiger partial charge on any atom is 0.333 e. The second-order valence-electron chi connectivity index (χ2n) is 19.3. The number of likely N-dealkylation sites (N-methyl/N-ethyl adjacent to an activating group) is 2. The van der Waals surface area contributed by atoms with E-state index in [2.05, 4.69) is 10.6 Å². The Bertz CT molecular complexity index is 1800. The van der Waals surface area contributed by atoms with Gasteiger partial charge in [0.25, 0.3) is 11.8 Å². The Balaban J connectivity index is 1.72. The Hall–Kier alpha value is -4.74. The fourth-order valence-corrected chi connectivity index (χ4v) is 9.67. The molecule has 3 rings (SSSR count). The molecule has 2 N–H and O–H groups in total. The number of imide groups is 1. The van der Waals surface area contributed by atoms with Gasteiger partial charge in [0.05, 0.1) is 42.7 Å². The molecule has 2 heterocycles. The summed E-state index contributed by atoms with van der Waals surface area (Å²) in [7, 11) is 8.57. The predicted molar refractivity (Wildman–Crippen MR) is 253 cm³/mol. The highest BCUT2D eigenvalue weighted by molar-refractivity contribution is 6.01. The minimum Gasteiger partial charge on any atom is -0.379 e. The molecular weight excluding hydrogens is 861 g/mol. The zero-order valence-corrected chi connectivity index (χ0v) is 42.2. The molecular formula is C50H80N6O11. The van der Waals surface area contributed by atoms with E-state index in [1.54, 1.807) is 30.9 Å². The summed E-state index contributed by atoms with van der Waals surface area (Å²) in [6, 6.07) is 7.09. The second-order valence-corrected chi connectivity index (χ2v) is 19.3. The van der Waals surface area contributed by atoms with Gasteiger partial charge < -0.3 is 34.7 Å². The number of Topliss-reactive ketones (excluding diaryl/α,β-unsaturated/α-hetero) is 1. The highest BCUT2D eigenvalue weighted by Gasteiger charge is 2.44. The number of amides is 6. The number of hydrogen-bond donors (Lipinski definition) is 2. The SMILES string of the molecule is CC[C@H](C)[C@@H]([C@@H](CC(=O)N1CCC[C@H]1[C@H](OC)[C@@H](C)C(=O)N[C@@H](Cc1ccccc1)C(=O)NCCCCC(=O)ON1C(=O)CCC1=O)OC)N(C)C(=O)[C@@H](CC(=O)[C@H](C(C)C)N(C)C)C(C)C. The van der Waals surface area contributed by atoms with E-state index in [0.717, 1.165) is 12.0 Å². The molecule has 0 aliphatic carbocycles. The number of unbranched alkanes of at least 4 members (excludes halogenated alkanes) is 1. The van der Waals surface area contributed by atoms with Crippen LogP contribution in [0.3, 0.4) is 0 Å². The number of hydrogen-bond acceptors (Lipinski definition) is 12. The fourth-order valence-electron chi connectivity index (χ4n) is 9.67. The minimum atomic E-state index is -0.953. The quantitative estimate of drug-likeness (QED) is 0.0891. The van der Waals surface area contributed by atoms with Crippen LogP contribution in [0.25, 0.3) is 0 Å². The van der Waals surface area contributed by atoms with Crippen molar-refractivity contribution in [2.24, 2.45) is 29.6 Å². The van der Waals surface area contributed by atoms with E-state index in [1.165, 1.54) is 7.11 Å². The molecule has 2 fully saturated rings. The molecule has 0 unspecified atom stereocenters. The lowest BCUT2D eigenvalue weighted by atomic mass is 9.83. The van der Waals surface area contributed by atoms with Gasteiger partial charge in [-0.1, -0.05) is 85.2 Å². The standard InChI is InChI=1S/C50H80N6O11/c1-13-33(6)46(54(10)50(64)36(31(2)3)29-39(57)45(32(4)5)53(8)9)40(65-11)30-43(60)55-27-19-22-38(55)47(66-12)34(7)48(62)52-37(28-35-20-15-14-16-21-35)49(63)51-26-18-17-23-44(61)67-56-41(58)24-25-42(56)59/h14-16,20-21,31-34,36-38,40,45-47H,13,17-19,22-30H2,1-12H3,(H,51,63)(H,52,62)/t33-,34+,36-,37-,38-,40+,45-,46-,47+/m0/s1. The Morgan fingerprint density at radius 3 is 2.03 bits per heavy atom. The van der Waals surface area contributed by atoms with Crippen LogP contribution in [0.15, 0.2) is 30.3 Å². The number of methoxy groups -OCH3 is 2. The van der Waals surface area contributed by atoms with Crippen molar-refractivity contribution in [3.05, 3.63) is 35.9 Å². The zero-order chi connectivity index (χ0) is 50.1. The Morgan fingerprint density at radius 2 is 1.48 bits per heavy atom. The van der Waals surface area contributed by atoms with Gasteiger partial charge in [-0.2, -0.15) is 0 Å². The van der Waals surface area contributed by atoms with Crippen LogP contribution in [0.4, 0.5) is 0 Å². The van der Waals surface area contributed by atoms with E-state index in [-0.39, 0.29) is 86.5 Å². The van der Waals surface area contributed by atoms with Gasteiger partial charge in [-0.25, -0.2) is 4.79 Å². The third-order valence-corrected chi connectivity index (χ3v) is 13.5. The van der Waals surface area contributed by atoms with Gasteiger partial charge in [0.2, 0.25) is 23.6 Å². The molecule has 17 heteroatoms. The number of ether oxygens (including phenoxy) is 2. The van der Waals surface area contributed by atoms with Crippen molar-refractivity contribution < 1.29 is 52.7 Å². The largest absolute Gasteiger partial charge is 0.379 e. The molecule has 6 amide bonds. The summed E-state index contributed by atoms with van der Waals surface area (Å²) in [6.07, 6.45) is 1.58. The van der Waals surface area contributed by atoms with Gasteiger partial charge >= 0.3 is 5.97 Å². The number of hydroxylamine groups is 2. The van der Waals surface area contributed by atoms with Gasteiger partial charge in [-0.15, -0.1) is 5.06 Å². The zero-order valence-electron chi connectivity index (χ0n) is 42.2. The summed E-state index contributed by atoms with van der Waals surface area (Å²) in [5.74, 6) is -4.40. The summed E-state index contributed by atoms with van der Waals surface area (Å²) >= 11 is 0. The molecule has 2 aliphatic heterocycles. The first-order valence-corrected chi connectivity index (χ1v) is 24.2. The topological polar surface area (TPSA) is 201 Å². The van der Waals surface area contributed by atoms with Crippen molar-refractivity contribution >= 4 is 47.2 Å². The van der Waals surface area contributed by atoms with Crippen molar-refractivity contribution in [2.75, 3.05) is 48.5 Å². The highest BCUT2D eigenvalue weighted by atomic mass is 16.7. The summed E-state index contributed by atoms with van der Waals surface area (Å²) in [6.45, 7) is 14.4. The van der Waals surface area contributed by atoms with E-state index < -0.39 is 71.8 Å². The van der Waals surface area contributed by atoms with Crippen LogP contribution in [-0.2, 0) is 59.1 Å². The summed E-state index contributed by atoms with van der Waals surface area (Å²) in [5, 5.41) is 6.31. The molecule has 0 bridgehead atoms. The molecule has 0 saturated carbocycles. The van der Waals surface area contributed by atoms with Gasteiger partial charge in [0.1, 0.15) is 6.04 Å². The van der Waals surface area contributed by atoms with Gasteiger partial charge in [-0.05, 0) is 63.1 Å². The third-order valence-electron chi connectivity index (χ3n) is 13.5. The molecule has 2 aliphatic rings. The van der Waals surface area contributed by atoms with Crippen LogP contribution >= 0.6 is 0 Å². The van der Waals surface area contributed by atoms with Crippen LogP contribution in [-0.4, -0.2) is 152 Å². The molecule has 1 aromatic carbocycles. The lowest BCUT2D eigenvalue weighted by Crippen LogP contribution is -2.55. The molecule has 17 nitrogen and oxygen atoms in total. The number of rotatable bonds is 28. The van der Waals surface area contributed by atoms with Gasteiger partial charge in [0, 0.05) is 72.4 Å². The minimum absolute atomic E-state index is 0.00307. The molecule has 1 aromatic rings. The third kappa shape index (κ3) is 15.9. The molecule has 67 heavy (non-hydrogen) atoms. The molecule has 0 aromatic heterocycles. The Kier molecular flexibility index (Phi) is 23.1. The highest BCUT2D eigenvalue weighted by Crippen LogP contribution is 2.31. The summed E-state index contributed by atoms with van der Waals surface area (Å²) < 4.78 is 12.1. The number of nitrogens with zero attached hydrogens (tertiary/aromatic N) is 4. The van der Waals surface area contributed by atoms with Crippen LogP contribution < -0.4 is 10.6 Å². The number of carbonyl (C=O) groups excluding carboxylic acids is 8. The molecule has 2 saturated heterocycles. The van der Waals surface area contributed by atoms with Crippen LogP contribution in [0.1, 0.15) is 118 Å². The van der Waals surface area contributed by atoms with Gasteiger partial charge in [-0.3, -0.25) is 38.5 Å². The number of likely N-dealkylation sites (tertiary alicyclic amines) is 1. The van der Waals surface area contributed by atoms with E-state index in [0.29, 0.717) is 37.3 Å². The van der Waals surface area contributed by atoms with Crippen molar-refractivity contribution in [3.8, 4) is 0 Å². The number of carbonyl (C=O) groups is 8. The van der Waals surface area contributed by atoms with Crippen molar-refractivity contribution in [1.29, 1.82) is 0 Å². The summed E-state index contributed by atoms with van der Waals surface area (Å²) in [5.41, 5.74) is 0.827. The van der Waals surface area contributed by atoms with E-state index >= 15 is 0 Å². The first kappa shape index (κ1) is 56.6. The summed E-state index contributed by atoms with van der Waals surface area (Å²) in [4.78, 5) is 116. The normalized spacial score (nSPS) is 18.9. The maximum atomic E-state index is 14.4.